The lowest BCUT2D eigenvalue weighted by atomic mass is 10.1. The first-order valence-corrected chi connectivity index (χ1v) is 9.41. The van der Waals surface area contributed by atoms with Crippen LogP contribution in [0.15, 0.2) is 21.5 Å². The van der Waals surface area contributed by atoms with Crippen LogP contribution in [0, 0.1) is 6.92 Å². The molecule has 21 heavy (non-hydrogen) atoms. The Kier molecular flexibility index (Phi) is 4.97. The monoisotopic (exact) mass is 395 g/mol. The number of amides is 1. The Bertz CT molecular complexity index is 677. The second-order valence-corrected chi connectivity index (χ2v) is 8.36. The first kappa shape index (κ1) is 16.7. The van der Waals surface area contributed by atoms with Crippen LogP contribution in [0.5, 0.6) is 0 Å². The summed E-state index contributed by atoms with van der Waals surface area (Å²) in [6.07, 6.45) is 0.799. The van der Waals surface area contributed by atoms with E-state index in [2.05, 4.69) is 15.9 Å². The van der Waals surface area contributed by atoms with Gasteiger partial charge in [0, 0.05) is 40.9 Å². The van der Waals surface area contributed by atoms with Crippen LogP contribution < -0.4 is 0 Å². The fourth-order valence-electron chi connectivity index (χ4n) is 2.40. The number of halogens is 2. The number of likely N-dealkylation sites (tertiary alicyclic amines) is 1. The van der Waals surface area contributed by atoms with Crippen LogP contribution in [0.2, 0.25) is 0 Å². The molecule has 0 radical (unpaired) electrons. The molecule has 5 nitrogen and oxygen atoms in total. The van der Waals surface area contributed by atoms with Crippen LogP contribution in [0.1, 0.15) is 22.3 Å². The van der Waals surface area contributed by atoms with Crippen molar-refractivity contribution in [1.29, 1.82) is 0 Å². The van der Waals surface area contributed by atoms with Crippen LogP contribution in [-0.4, -0.2) is 45.5 Å². The van der Waals surface area contributed by atoms with E-state index in [4.69, 9.17) is 15.4 Å². The molecule has 1 heterocycles. The molecule has 1 aliphatic heterocycles. The molecule has 0 bridgehead atoms. The van der Waals surface area contributed by atoms with E-state index in [1.807, 2.05) is 0 Å². The fraction of sp³-hybridized carbons (Fsp3) is 0.462. The van der Waals surface area contributed by atoms with E-state index in [9.17, 15) is 13.2 Å². The van der Waals surface area contributed by atoms with Gasteiger partial charge in [-0.15, -0.1) is 0 Å². The number of ether oxygens (including phenoxy) is 1. The highest BCUT2D eigenvalue weighted by molar-refractivity contribution is 9.10. The molecule has 1 aromatic carbocycles. The van der Waals surface area contributed by atoms with Gasteiger partial charge in [-0.2, -0.15) is 0 Å². The molecule has 1 aromatic rings. The minimum atomic E-state index is -3.90. The van der Waals surface area contributed by atoms with E-state index in [0.29, 0.717) is 28.7 Å². The molecular formula is C13H15BrClNO4S. The number of hydrogen-bond donors (Lipinski definition) is 0. The van der Waals surface area contributed by atoms with Gasteiger partial charge in [-0.25, -0.2) is 8.42 Å². The lowest BCUT2D eigenvalue weighted by Gasteiger charge is -2.18. The summed E-state index contributed by atoms with van der Waals surface area (Å²) in [5.74, 6) is -0.213. The Balaban J connectivity index is 2.41. The molecule has 116 valence electrons. The van der Waals surface area contributed by atoms with Crippen molar-refractivity contribution >= 4 is 41.6 Å². The molecule has 1 saturated heterocycles. The second-order valence-electron chi connectivity index (χ2n) is 4.91. The van der Waals surface area contributed by atoms with Gasteiger partial charge in [-0.05, 0) is 31.0 Å². The van der Waals surface area contributed by atoms with Crippen LogP contribution in [-0.2, 0) is 13.8 Å². The average molecular weight is 397 g/mol. The van der Waals surface area contributed by atoms with E-state index in [0.717, 1.165) is 6.42 Å². The quantitative estimate of drug-likeness (QED) is 0.737. The lowest BCUT2D eigenvalue weighted by molar-refractivity contribution is 0.0723. The molecule has 1 unspecified atom stereocenters. The molecule has 0 spiro atoms. The molecule has 8 heteroatoms. The summed E-state index contributed by atoms with van der Waals surface area (Å²) in [5, 5.41) is 0. The summed E-state index contributed by atoms with van der Waals surface area (Å²) in [6.45, 7) is 2.68. The average Bonchev–Trinajstić information content (AvgIpc) is 2.87. The number of rotatable bonds is 3. The third kappa shape index (κ3) is 3.59. The largest absolute Gasteiger partial charge is 0.380 e. The highest BCUT2D eigenvalue weighted by Crippen LogP contribution is 2.28. The molecule has 0 aliphatic carbocycles. The third-order valence-electron chi connectivity index (χ3n) is 3.58. The Hall–Kier alpha value is -0.630. The van der Waals surface area contributed by atoms with Gasteiger partial charge in [-0.3, -0.25) is 4.79 Å². The predicted octanol–water partition coefficient (Wildman–Crippen LogP) is 2.55. The van der Waals surface area contributed by atoms with E-state index >= 15 is 0 Å². The van der Waals surface area contributed by atoms with E-state index in [1.54, 1.807) is 25.0 Å². The standard InChI is InChI=1S/C13H15BrClNO4S/c1-8-11(5-9(14)6-12(8)21(15,18)19)13(17)16-4-3-10(7-16)20-2/h5-6,10H,3-4,7H2,1-2H3. The zero-order valence-corrected chi connectivity index (χ0v) is 14.8. The number of carbonyl (C=O) groups excluding carboxylic acids is 1. The van der Waals surface area contributed by atoms with Crippen LogP contribution in [0.3, 0.4) is 0 Å². The Morgan fingerprint density at radius 3 is 2.67 bits per heavy atom. The van der Waals surface area contributed by atoms with Crippen molar-refractivity contribution in [2.24, 2.45) is 0 Å². The summed E-state index contributed by atoms with van der Waals surface area (Å²) in [6, 6.07) is 3.01. The van der Waals surface area contributed by atoms with E-state index in [-0.39, 0.29) is 16.9 Å². The van der Waals surface area contributed by atoms with E-state index < -0.39 is 9.05 Å². The number of carbonyl (C=O) groups is 1. The van der Waals surface area contributed by atoms with Gasteiger partial charge in [0.15, 0.2) is 0 Å². The molecule has 1 atom stereocenters. The molecular weight excluding hydrogens is 382 g/mol. The maximum atomic E-state index is 12.6. The van der Waals surface area contributed by atoms with Gasteiger partial charge in [0.05, 0.1) is 11.0 Å². The summed E-state index contributed by atoms with van der Waals surface area (Å²) in [7, 11) is 3.13. The number of benzene rings is 1. The Morgan fingerprint density at radius 1 is 1.48 bits per heavy atom. The van der Waals surface area contributed by atoms with Gasteiger partial charge >= 0.3 is 0 Å². The zero-order chi connectivity index (χ0) is 15.8. The van der Waals surface area contributed by atoms with Crippen molar-refractivity contribution in [1.82, 2.24) is 4.90 Å². The molecule has 1 fully saturated rings. The van der Waals surface area contributed by atoms with Crippen molar-refractivity contribution in [2.45, 2.75) is 24.3 Å². The summed E-state index contributed by atoms with van der Waals surface area (Å²) in [4.78, 5) is 14.2. The molecule has 1 amide bonds. The van der Waals surface area contributed by atoms with Crippen LogP contribution in [0.4, 0.5) is 0 Å². The topological polar surface area (TPSA) is 63.7 Å². The Labute approximate surface area is 136 Å². The van der Waals surface area contributed by atoms with Crippen molar-refractivity contribution in [3.05, 3.63) is 27.7 Å². The minimum Gasteiger partial charge on any atom is -0.380 e. The van der Waals surface area contributed by atoms with Gasteiger partial charge in [0.2, 0.25) is 0 Å². The second kappa shape index (κ2) is 6.24. The van der Waals surface area contributed by atoms with Gasteiger partial charge in [0.25, 0.3) is 15.0 Å². The first-order chi connectivity index (χ1) is 9.74. The van der Waals surface area contributed by atoms with Gasteiger partial charge in [-0.1, -0.05) is 15.9 Å². The molecule has 1 aliphatic rings. The fourth-order valence-corrected chi connectivity index (χ4v) is 4.24. The maximum Gasteiger partial charge on any atom is 0.261 e. The first-order valence-electron chi connectivity index (χ1n) is 6.31. The van der Waals surface area contributed by atoms with Crippen molar-refractivity contribution in [2.75, 3.05) is 20.2 Å². The maximum absolute atomic E-state index is 12.6. The summed E-state index contributed by atoms with van der Waals surface area (Å²) < 4.78 is 28.9. The number of hydrogen-bond acceptors (Lipinski definition) is 4. The molecule has 0 saturated carbocycles. The van der Waals surface area contributed by atoms with Crippen LogP contribution in [0.25, 0.3) is 0 Å². The van der Waals surface area contributed by atoms with Crippen molar-refractivity contribution in [3.63, 3.8) is 0 Å². The van der Waals surface area contributed by atoms with Crippen LogP contribution >= 0.6 is 26.6 Å². The number of methoxy groups -OCH3 is 1. The van der Waals surface area contributed by atoms with E-state index in [1.165, 1.54) is 6.07 Å². The molecule has 0 aromatic heterocycles. The normalized spacial score (nSPS) is 19.0. The van der Waals surface area contributed by atoms with Gasteiger partial charge in [0.1, 0.15) is 0 Å². The highest BCUT2D eigenvalue weighted by atomic mass is 79.9. The smallest absolute Gasteiger partial charge is 0.261 e. The predicted molar refractivity (Wildman–Crippen MR) is 83.2 cm³/mol. The summed E-state index contributed by atoms with van der Waals surface area (Å²) in [5.41, 5.74) is 0.694. The Morgan fingerprint density at radius 2 is 2.14 bits per heavy atom. The lowest BCUT2D eigenvalue weighted by Crippen LogP contribution is -2.30. The SMILES string of the molecule is COC1CCN(C(=O)c2cc(Br)cc(S(=O)(=O)Cl)c2C)C1. The van der Waals surface area contributed by atoms with Crippen molar-refractivity contribution < 1.29 is 17.9 Å². The highest BCUT2D eigenvalue weighted by Gasteiger charge is 2.29. The van der Waals surface area contributed by atoms with Gasteiger partial charge < -0.3 is 9.64 Å². The zero-order valence-electron chi connectivity index (χ0n) is 11.6. The van der Waals surface area contributed by atoms with Crippen molar-refractivity contribution in [3.8, 4) is 0 Å². The third-order valence-corrected chi connectivity index (χ3v) is 5.49. The minimum absolute atomic E-state index is 0.0256. The molecule has 0 N–H and O–H groups in total. The summed E-state index contributed by atoms with van der Waals surface area (Å²) >= 11 is 3.22. The number of nitrogens with zero attached hydrogens (tertiary/aromatic N) is 1. The molecule has 2 rings (SSSR count).